The summed E-state index contributed by atoms with van der Waals surface area (Å²) in [5.41, 5.74) is 2.24. The molecule has 2 saturated carbocycles. The van der Waals surface area contributed by atoms with Crippen LogP contribution in [0.15, 0.2) is 48.1 Å². The molecule has 2 aliphatic carbocycles. The van der Waals surface area contributed by atoms with Crippen molar-refractivity contribution < 1.29 is 4.79 Å². The van der Waals surface area contributed by atoms with Crippen LogP contribution in [-0.2, 0) is 0 Å². The van der Waals surface area contributed by atoms with Crippen LogP contribution in [0.5, 0.6) is 0 Å². The zero-order valence-corrected chi connectivity index (χ0v) is 22.9. The molecule has 2 fully saturated rings. The zero-order chi connectivity index (χ0) is 25.1. The van der Waals surface area contributed by atoms with Crippen molar-refractivity contribution in [3.8, 4) is 0 Å². The van der Waals surface area contributed by atoms with E-state index >= 15 is 0 Å². The first-order valence-electron chi connectivity index (χ1n) is 14.7. The van der Waals surface area contributed by atoms with Crippen molar-refractivity contribution in [3.05, 3.63) is 48.1 Å². The van der Waals surface area contributed by atoms with Crippen LogP contribution in [0.3, 0.4) is 0 Å². The van der Waals surface area contributed by atoms with E-state index in [0.29, 0.717) is 11.6 Å². The van der Waals surface area contributed by atoms with Gasteiger partial charge in [-0.1, -0.05) is 150 Å². The molecule has 0 heterocycles. The van der Waals surface area contributed by atoms with Gasteiger partial charge in [-0.25, -0.2) is 0 Å². The van der Waals surface area contributed by atoms with Gasteiger partial charge in [0, 0.05) is 5.70 Å². The van der Waals surface area contributed by atoms with Crippen molar-refractivity contribution in [2.75, 3.05) is 0 Å². The average Bonchev–Trinajstić information content (AvgIpc) is 2.82. The van der Waals surface area contributed by atoms with E-state index in [9.17, 15) is 4.79 Å². The van der Waals surface area contributed by atoms with Gasteiger partial charge >= 0.3 is 0 Å². The molecule has 0 aromatic heterocycles. The molecule has 0 spiro atoms. The Morgan fingerprint density at radius 3 is 1.97 bits per heavy atom. The van der Waals surface area contributed by atoms with Gasteiger partial charge < -0.3 is 5.32 Å². The highest BCUT2D eigenvalue weighted by Crippen LogP contribution is 2.33. The fourth-order valence-electron chi connectivity index (χ4n) is 5.80. The third-order valence-corrected chi connectivity index (χ3v) is 7.83. The Hall–Kier alpha value is -1.44. The highest BCUT2D eigenvalue weighted by molar-refractivity contribution is 6.74. The van der Waals surface area contributed by atoms with Crippen LogP contribution >= 0.6 is 0 Å². The van der Waals surface area contributed by atoms with E-state index in [1.54, 1.807) is 0 Å². The Kier molecular flexibility index (Phi) is 16.0. The van der Waals surface area contributed by atoms with Crippen LogP contribution in [0.4, 0.5) is 4.79 Å². The molecule has 0 atom stereocenters. The topological polar surface area (TPSA) is 29.1 Å². The molecule has 2 nitrogen and oxygen atoms in total. The lowest BCUT2D eigenvalue weighted by Gasteiger charge is -2.25. The number of hydrogen-bond donors (Lipinski definition) is 1. The Labute approximate surface area is 219 Å². The van der Waals surface area contributed by atoms with E-state index in [4.69, 9.17) is 0 Å². The van der Waals surface area contributed by atoms with Crippen LogP contribution in [0.1, 0.15) is 123 Å². The fourth-order valence-corrected chi connectivity index (χ4v) is 5.80. The number of carbonyl (C=O) groups is 1. The number of amides is 1. The Morgan fingerprint density at radius 1 is 0.800 bits per heavy atom. The molecule has 1 amide bonds. The van der Waals surface area contributed by atoms with Gasteiger partial charge in [-0.15, -0.1) is 0 Å². The second-order valence-electron chi connectivity index (χ2n) is 11.0. The van der Waals surface area contributed by atoms with Gasteiger partial charge in [0.25, 0.3) is 0 Å². The van der Waals surface area contributed by atoms with Crippen molar-refractivity contribution in [1.82, 2.24) is 5.32 Å². The van der Waals surface area contributed by atoms with Gasteiger partial charge in [-0.2, -0.15) is 0 Å². The second-order valence-corrected chi connectivity index (χ2v) is 11.0. The minimum absolute atomic E-state index is 0.0796. The normalized spacial score (nSPS) is 24.0. The number of nitrogens with one attached hydrogen (secondary N) is 1. The van der Waals surface area contributed by atoms with Crippen molar-refractivity contribution in [3.63, 3.8) is 0 Å². The summed E-state index contributed by atoms with van der Waals surface area (Å²) in [6, 6.07) is 0. The second kappa shape index (κ2) is 18.8. The van der Waals surface area contributed by atoms with Gasteiger partial charge in [0.1, 0.15) is 0 Å². The number of allylic oxidation sites excluding steroid dienone is 7. The average molecular weight is 475 g/mol. The van der Waals surface area contributed by atoms with E-state index in [1.807, 2.05) is 7.28 Å². The smallest absolute Gasteiger partial charge is 0.236 e. The predicted octanol–water partition coefficient (Wildman–Crippen LogP) is 9.51. The first kappa shape index (κ1) is 29.8. The Bertz CT molecular complexity index is 676. The van der Waals surface area contributed by atoms with Gasteiger partial charge in [0.05, 0.1) is 0 Å². The quantitative estimate of drug-likeness (QED) is 0.247. The molecule has 0 aromatic carbocycles. The monoisotopic (exact) mass is 475 g/mol. The summed E-state index contributed by atoms with van der Waals surface area (Å²) in [7, 11) is 4.44. The van der Waals surface area contributed by atoms with E-state index in [2.05, 4.69) is 63.4 Å². The minimum atomic E-state index is 0.0796. The molecule has 192 valence electrons. The van der Waals surface area contributed by atoms with Crippen molar-refractivity contribution >= 4 is 20.4 Å². The lowest BCUT2D eigenvalue weighted by atomic mass is 9.54. The first-order valence-corrected chi connectivity index (χ1v) is 14.7. The van der Waals surface area contributed by atoms with Crippen LogP contribution < -0.4 is 5.32 Å². The third-order valence-electron chi connectivity index (χ3n) is 7.83. The summed E-state index contributed by atoms with van der Waals surface area (Å²) >= 11 is 0. The van der Waals surface area contributed by atoms with Crippen molar-refractivity contribution in [2.24, 2.45) is 5.92 Å². The largest absolute Gasteiger partial charge is 0.340 e. The number of carbonyl (C=O) groups excluding carboxylic acids is 1. The summed E-state index contributed by atoms with van der Waals surface area (Å²) in [4.78, 5) is 12.6. The minimum Gasteiger partial charge on any atom is -0.340 e. The van der Waals surface area contributed by atoms with Crippen LogP contribution in [0, 0.1) is 5.92 Å². The molecule has 0 unspecified atom stereocenters. The summed E-state index contributed by atoms with van der Waals surface area (Å²) in [5, 5.41) is 3.10. The highest BCUT2D eigenvalue weighted by atomic mass is 16.1. The maximum absolute atomic E-state index is 12.6. The molecule has 2 aliphatic rings. The van der Waals surface area contributed by atoms with Crippen LogP contribution in [-0.4, -0.2) is 20.4 Å². The summed E-state index contributed by atoms with van der Waals surface area (Å²) in [6.07, 6.45) is 32.3. The maximum atomic E-state index is 12.6. The fraction of sp³-hybridized carbons (Fsp3) is 0.710. The third kappa shape index (κ3) is 14.0. The van der Waals surface area contributed by atoms with E-state index in [0.717, 1.165) is 24.5 Å². The number of rotatable bonds is 10. The standard InChI is InChI=1S/C31H51B2NO/c1-4-6-19-28(16-5-2)32-29-22-14-17-27(18-15-23-29)25-24-26(3)34-31(35)33-30-20-12-10-8-7-9-11-13-21-30/h4-6,16,19,27,29-30H,3,7-15,17-18,20-25H2,1-2H3,(H,34,35)/b6-4-,16-5-,28-19+. The summed E-state index contributed by atoms with van der Waals surface area (Å²) in [6.45, 7) is 8.35. The first-order chi connectivity index (χ1) is 17.1. The molecule has 2 rings (SSSR count). The molecule has 4 heteroatoms. The Morgan fingerprint density at radius 2 is 1.37 bits per heavy atom. The van der Waals surface area contributed by atoms with Gasteiger partial charge in [0.15, 0.2) is 13.1 Å². The van der Waals surface area contributed by atoms with Gasteiger partial charge in [-0.3, -0.25) is 4.79 Å². The van der Waals surface area contributed by atoms with E-state index in [1.165, 1.54) is 102 Å². The van der Waals surface area contributed by atoms with E-state index < -0.39 is 0 Å². The lowest BCUT2D eigenvalue weighted by Crippen LogP contribution is -2.29. The summed E-state index contributed by atoms with van der Waals surface area (Å²) in [5.74, 6) is 1.98. The molecule has 0 saturated heterocycles. The molecule has 2 radical (unpaired) electrons. The van der Waals surface area contributed by atoms with Crippen LogP contribution in [0.25, 0.3) is 0 Å². The highest BCUT2D eigenvalue weighted by Gasteiger charge is 2.20. The molecule has 35 heavy (non-hydrogen) atoms. The predicted molar refractivity (Wildman–Crippen MR) is 156 cm³/mol. The number of hydrogen-bond acceptors (Lipinski definition) is 1. The van der Waals surface area contributed by atoms with Crippen molar-refractivity contribution in [1.29, 1.82) is 0 Å². The molecule has 0 bridgehead atoms. The molecule has 0 aromatic rings. The van der Waals surface area contributed by atoms with Gasteiger partial charge in [0.2, 0.25) is 7.28 Å². The SMILES string of the molecule is C=C(CCC1CCCC([B]C(/C=C\C)=C/C=C\C)CCC1)NC(=O)[B]C1CCCCCCCCC1. The summed E-state index contributed by atoms with van der Waals surface area (Å²) < 4.78 is 0. The maximum Gasteiger partial charge on any atom is 0.236 e. The molecule has 0 aliphatic heterocycles. The lowest BCUT2D eigenvalue weighted by molar-refractivity contribution is 0.260. The molecular formula is C31H51B2NO. The molecule has 1 N–H and O–H groups in total. The Balaban J connectivity index is 1.67. The van der Waals surface area contributed by atoms with E-state index in [-0.39, 0.29) is 5.81 Å². The zero-order valence-electron chi connectivity index (χ0n) is 22.9. The van der Waals surface area contributed by atoms with Crippen molar-refractivity contribution in [2.45, 2.75) is 135 Å². The molecular weight excluding hydrogens is 424 g/mol. The van der Waals surface area contributed by atoms with Gasteiger partial charge in [-0.05, 0) is 32.6 Å². The van der Waals surface area contributed by atoms with Crippen LogP contribution in [0.2, 0.25) is 11.6 Å².